The Kier molecular flexibility index (Phi) is 6.18. The largest absolute Gasteiger partial charge is 0.345 e. The van der Waals surface area contributed by atoms with Crippen molar-refractivity contribution in [1.29, 1.82) is 0 Å². The van der Waals surface area contributed by atoms with Gasteiger partial charge >= 0.3 is 0 Å². The van der Waals surface area contributed by atoms with Gasteiger partial charge in [-0.3, -0.25) is 9.59 Å². The lowest BCUT2D eigenvalue weighted by atomic mass is 9.99. The number of benzene rings is 1. The van der Waals surface area contributed by atoms with Crippen LogP contribution >= 0.6 is 11.6 Å². The Labute approximate surface area is 130 Å². The highest BCUT2D eigenvalue weighted by atomic mass is 35.5. The normalized spacial score (nSPS) is 13.4. The topological polar surface area (TPSA) is 75.4 Å². The lowest BCUT2D eigenvalue weighted by Gasteiger charge is -2.20. The number of amides is 2. The van der Waals surface area contributed by atoms with Crippen molar-refractivity contribution < 1.29 is 9.59 Å². The average molecular weight is 312 g/mol. The highest BCUT2D eigenvalue weighted by Gasteiger charge is 2.22. The van der Waals surface area contributed by atoms with Crippen molar-refractivity contribution in [2.24, 2.45) is 11.7 Å². The maximum absolute atomic E-state index is 12.2. The molecular formula is C15H22ClN3O2. The van der Waals surface area contributed by atoms with Gasteiger partial charge in [-0.15, -0.1) is 0 Å². The molecule has 0 saturated heterocycles. The summed E-state index contributed by atoms with van der Waals surface area (Å²) < 4.78 is 0. The number of hydrogen-bond donors (Lipinski definition) is 2. The van der Waals surface area contributed by atoms with Gasteiger partial charge in [0, 0.05) is 19.1 Å². The number of rotatable bonds is 5. The second-order valence-electron chi connectivity index (χ2n) is 5.29. The van der Waals surface area contributed by atoms with Gasteiger partial charge in [-0.05, 0) is 24.1 Å². The van der Waals surface area contributed by atoms with Gasteiger partial charge in [0.2, 0.25) is 5.91 Å². The van der Waals surface area contributed by atoms with Crippen molar-refractivity contribution in [2.75, 3.05) is 19.4 Å². The highest BCUT2D eigenvalue weighted by Crippen LogP contribution is 2.23. The molecule has 1 aromatic carbocycles. The van der Waals surface area contributed by atoms with Gasteiger partial charge in [0.05, 0.1) is 17.3 Å². The van der Waals surface area contributed by atoms with Gasteiger partial charge in [-0.25, -0.2) is 0 Å². The Morgan fingerprint density at radius 2 is 2.00 bits per heavy atom. The van der Waals surface area contributed by atoms with Crippen LogP contribution < -0.4 is 11.1 Å². The Morgan fingerprint density at radius 3 is 2.52 bits per heavy atom. The number of nitrogens with two attached hydrogens (primary N) is 1. The minimum Gasteiger partial charge on any atom is -0.345 e. The number of nitrogens with zero attached hydrogens (tertiary/aromatic N) is 1. The minimum absolute atomic E-state index is 0.0529. The van der Waals surface area contributed by atoms with Crippen LogP contribution in [0.25, 0.3) is 0 Å². The SMILES string of the molecule is CCC(C)[C@H](N)C(=O)Nc1cc(Cl)ccc1C(=O)N(C)C. The van der Waals surface area contributed by atoms with Crippen LogP contribution in [0.3, 0.4) is 0 Å². The molecule has 2 amide bonds. The second-order valence-corrected chi connectivity index (χ2v) is 5.73. The average Bonchev–Trinajstić information content (AvgIpc) is 2.44. The summed E-state index contributed by atoms with van der Waals surface area (Å²) >= 11 is 5.95. The lowest BCUT2D eigenvalue weighted by Crippen LogP contribution is -2.41. The first-order valence-electron chi connectivity index (χ1n) is 6.85. The summed E-state index contributed by atoms with van der Waals surface area (Å²) in [5.41, 5.74) is 6.67. The molecular weight excluding hydrogens is 290 g/mol. The molecule has 1 rings (SSSR count). The van der Waals surface area contributed by atoms with Crippen molar-refractivity contribution in [1.82, 2.24) is 4.90 Å². The molecule has 3 N–H and O–H groups in total. The van der Waals surface area contributed by atoms with E-state index in [-0.39, 0.29) is 17.7 Å². The summed E-state index contributed by atoms with van der Waals surface area (Å²) in [6.07, 6.45) is 0.799. The molecule has 0 bridgehead atoms. The maximum Gasteiger partial charge on any atom is 0.255 e. The van der Waals surface area contributed by atoms with Crippen molar-refractivity contribution in [2.45, 2.75) is 26.3 Å². The summed E-state index contributed by atoms with van der Waals surface area (Å²) in [6, 6.07) is 4.13. The third kappa shape index (κ3) is 4.44. The molecule has 0 aliphatic carbocycles. The first-order chi connectivity index (χ1) is 9.77. The summed E-state index contributed by atoms with van der Waals surface area (Å²) in [7, 11) is 3.29. The van der Waals surface area contributed by atoms with E-state index in [1.807, 2.05) is 13.8 Å². The van der Waals surface area contributed by atoms with Crippen LogP contribution in [0, 0.1) is 5.92 Å². The molecule has 0 aliphatic heterocycles. The fourth-order valence-electron chi connectivity index (χ4n) is 1.78. The third-order valence-corrected chi connectivity index (χ3v) is 3.67. The van der Waals surface area contributed by atoms with Gasteiger partial charge < -0.3 is 16.0 Å². The van der Waals surface area contributed by atoms with E-state index < -0.39 is 6.04 Å². The maximum atomic E-state index is 12.2. The molecule has 1 unspecified atom stereocenters. The summed E-state index contributed by atoms with van der Waals surface area (Å²) in [5.74, 6) is -0.476. The van der Waals surface area contributed by atoms with Crippen LogP contribution in [0.15, 0.2) is 18.2 Å². The van der Waals surface area contributed by atoms with Crippen molar-refractivity contribution in [3.05, 3.63) is 28.8 Å². The minimum atomic E-state index is -0.628. The van der Waals surface area contributed by atoms with E-state index in [9.17, 15) is 9.59 Å². The van der Waals surface area contributed by atoms with Crippen LogP contribution in [0.1, 0.15) is 30.6 Å². The molecule has 0 heterocycles. The van der Waals surface area contributed by atoms with Gasteiger partial charge in [0.1, 0.15) is 0 Å². The molecule has 0 radical (unpaired) electrons. The number of carbonyl (C=O) groups is 2. The molecule has 0 spiro atoms. The monoisotopic (exact) mass is 311 g/mol. The molecule has 21 heavy (non-hydrogen) atoms. The number of hydrogen-bond acceptors (Lipinski definition) is 3. The molecule has 0 fully saturated rings. The molecule has 2 atom stereocenters. The predicted octanol–water partition coefficient (Wildman–Crippen LogP) is 2.35. The van der Waals surface area contributed by atoms with Crippen LogP contribution in [0.2, 0.25) is 5.02 Å². The summed E-state index contributed by atoms with van der Waals surface area (Å²) in [5, 5.41) is 3.15. The number of halogens is 1. The quantitative estimate of drug-likeness (QED) is 0.876. The number of carbonyl (C=O) groups excluding carboxylic acids is 2. The third-order valence-electron chi connectivity index (χ3n) is 3.44. The Morgan fingerprint density at radius 1 is 1.38 bits per heavy atom. The zero-order chi connectivity index (χ0) is 16.2. The van der Waals surface area contributed by atoms with E-state index in [0.29, 0.717) is 16.3 Å². The van der Waals surface area contributed by atoms with Crippen molar-refractivity contribution >= 4 is 29.1 Å². The summed E-state index contributed by atoms with van der Waals surface area (Å²) in [6.45, 7) is 3.88. The Bertz CT molecular complexity index is 532. The Hall–Kier alpha value is -1.59. The van der Waals surface area contributed by atoms with Gasteiger partial charge in [-0.2, -0.15) is 0 Å². The smallest absolute Gasteiger partial charge is 0.255 e. The van der Waals surface area contributed by atoms with E-state index in [2.05, 4.69) is 5.32 Å². The van der Waals surface area contributed by atoms with Gasteiger partial charge in [0.25, 0.3) is 5.91 Å². The molecule has 116 valence electrons. The molecule has 0 aromatic heterocycles. The van der Waals surface area contributed by atoms with E-state index in [0.717, 1.165) is 6.42 Å². The molecule has 0 saturated carbocycles. The first kappa shape index (κ1) is 17.5. The molecule has 6 heteroatoms. The van der Waals surface area contributed by atoms with E-state index in [1.165, 1.54) is 4.90 Å². The van der Waals surface area contributed by atoms with Crippen LogP contribution in [0.5, 0.6) is 0 Å². The van der Waals surface area contributed by atoms with E-state index >= 15 is 0 Å². The predicted molar refractivity (Wildman–Crippen MR) is 85.5 cm³/mol. The van der Waals surface area contributed by atoms with Gasteiger partial charge in [0.15, 0.2) is 0 Å². The number of anilines is 1. The lowest BCUT2D eigenvalue weighted by molar-refractivity contribution is -0.118. The second kappa shape index (κ2) is 7.43. The fraction of sp³-hybridized carbons (Fsp3) is 0.467. The first-order valence-corrected chi connectivity index (χ1v) is 7.23. The van der Waals surface area contributed by atoms with Crippen LogP contribution in [-0.4, -0.2) is 36.9 Å². The number of nitrogens with one attached hydrogen (secondary N) is 1. The summed E-state index contributed by atoms with van der Waals surface area (Å²) in [4.78, 5) is 25.7. The zero-order valence-corrected chi connectivity index (χ0v) is 13.6. The van der Waals surface area contributed by atoms with Crippen LogP contribution in [0.4, 0.5) is 5.69 Å². The van der Waals surface area contributed by atoms with Crippen LogP contribution in [-0.2, 0) is 4.79 Å². The van der Waals surface area contributed by atoms with E-state index in [1.54, 1.807) is 32.3 Å². The van der Waals surface area contributed by atoms with Gasteiger partial charge in [-0.1, -0.05) is 31.9 Å². The standard InChI is InChI=1S/C15H22ClN3O2/c1-5-9(2)13(17)14(20)18-12-8-10(16)6-7-11(12)15(21)19(3)4/h6-9,13H,5,17H2,1-4H3,(H,18,20)/t9?,13-/m0/s1. The molecule has 0 aliphatic rings. The van der Waals surface area contributed by atoms with Crippen molar-refractivity contribution in [3.63, 3.8) is 0 Å². The molecule has 5 nitrogen and oxygen atoms in total. The Balaban J connectivity index is 3.04. The fourth-order valence-corrected chi connectivity index (χ4v) is 1.95. The molecule has 1 aromatic rings. The van der Waals surface area contributed by atoms with E-state index in [4.69, 9.17) is 17.3 Å². The highest BCUT2D eigenvalue weighted by molar-refractivity contribution is 6.31. The van der Waals surface area contributed by atoms with Crippen molar-refractivity contribution in [3.8, 4) is 0 Å². The zero-order valence-electron chi connectivity index (χ0n) is 12.8.